The third-order valence-corrected chi connectivity index (χ3v) is 8.03. The number of nitrogens with zero attached hydrogens (tertiary/aromatic N) is 3. The lowest BCUT2D eigenvalue weighted by Crippen LogP contribution is -2.30. The van der Waals surface area contributed by atoms with Crippen molar-refractivity contribution in [2.75, 3.05) is 0 Å². The van der Waals surface area contributed by atoms with E-state index in [1.54, 1.807) is 37.5 Å². The minimum absolute atomic E-state index is 0.0206. The van der Waals surface area contributed by atoms with Gasteiger partial charge in [-0.15, -0.1) is 11.3 Å². The molecule has 2 aromatic heterocycles. The fraction of sp³-hybridized carbons (Fsp3) is 0.0909. The van der Waals surface area contributed by atoms with Crippen molar-refractivity contribution in [3.63, 3.8) is 0 Å². The molecule has 6 rings (SSSR count). The maximum absolute atomic E-state index is 14.2. The second-order valence-corrected chi connectivity index (χ2v) is 10.6. The molecule has 3 heterocycles. The first-order valence-corrected chi connectivity index (χ1v) is 13.8. The zero-order valence-electron chi connectivity index (χ0n) is 22.1. The Balaban J connectivity index is 1.42. The average Bonchev–Trinajstić information content (AvgIpc) is 3.51. The number of benzene rings is 3. The van der Waals surface area contributed by atoms with Gasteiger partial charge >= 0.3 is 0 Å². The number of aromatic nitrogens is 2. The zero-order chi connectivity index (χ0) is 28.3. The summed E-state index contributed by atoms with van der Waals surface area (Å²) in [6, 6.07) is 29.0. The minimum Gasteiger partial charge on any atom is -0.503 e. The maximum Gasteiger partial charge on any atom is 0.290 e. The van der Waals surface area contributed by atoms with E-state index in [1.807, 2.05) is 78.9 Å². The average molecular weight is 560 g/mol. The number of rotatable bonds is 8. The summed E-state index contributed by atoms with van der Waals surface area (Å²) in [4.78, 5) is 38.3. The SMILES string of the molecule is Cc1nc(-c2ccccc2)sc1C(=O)C1=C(O)C(=O)N(Cc2ccncc2)C1c1cccc(Oc2ccccc2)c1. The van der Waals surface area contributed by atoms with Crippen molar-refractivity contribution in [3.8, 4) is 22.1 Å². The van der Waals surface area contributed by atoms with E-state index in [1.165, 1.54) is 16.2 Å². The number of ether oxygens (including phenoxy) is 1. The first kappa shape index (κ1) is 26.2. The number of thiazole rings is 1. The van der Waals surface area contributed by atoms with Crippen molar-refractivity contribution in [2.45, 2.75) is 19.5 Å². The summed E-state index contributed by atoms with van der Waals surface area (Å²) in [7, 11) is 0. The topological polar surface area (TPSA) is 92.6 Å². The van der Waals surface area contributed by atoms with Crippen LogP contribution in [0, 0.1) is 6.92 Å². The van der Waals surface area contributed by atoms with E-state index in [9.17, 15) is 14.7 Å². The molecule has 0 spiro atoms. The number of amides is 1. The highest BCUT2D eigenvalue weighted by atomic mass is 32.1. The van der Waals surface area contributed by atoms with Gasteiger partial charge in [0, 0.05) is 24.5 Å². The summed E-state index contributed by atoms with van der Waals surface area (Å²) >= 11 is 1.25. The van der Waals surface area contributed by atoms with Crippen molar-refractivity contribution in [3.05, 3.63) is 142 Å². The van der Waals surface area contributed by atoms with E-state index in [0.29, 0.717) is 32.6 Å². The normalized spacial score (nSPS) is 14.9. The lowest BCUT2D eigenvalue weighted by Gasteiger charge is -2.27. The van der Waals surface area contributed by atoms with Gasteiger partial charge in [0.05, 0.1) is 22.2 Å². The van der Waals surface area contributed by atoms with Crippen molar-refractivity contribution in [1.82, 2.24) is 14.9 Å². The predicted molar refractivity (Wildman–Crippen MR) is 157 cm³/mol. The van der Waals surface area contributed by atoms with Crippen LogP contribution in [0.3, 0.4) is 0 Å². The molecule has 0 saturated heterocycles. The highest BCUT2D eigenvalue weighted by Gasteiger charge is 2.44. The van der Waals surface area contributed by atoms with Crippen molar-refractivity contribution in [1.29, 1.82) is 0 Å². The van der Waals surface area contributed by atoms with E-state index in [2.05, 4.69) is 9.97 Å². The quantitative estimate of drug-likeness (QED) is 0.204. The summed E-state index contributed by atoms with van der Waals surface area (Å²) in [6.07, 6.45) is 3.29. The van der Waals surface area contributed by atoms with Crippen LogP contribution in [0.2, 0.25) is 0 Å². The molecule has 1 atom stereocenters. The van der Waals surface area contributed by atoms with Gasteiger partial charge in [-0.3, -0.25) is 14.6 Å². The van der Waals surface area contributed by atoms with E-state index in [4.69, 9.17) is 4.74 Å². The van der Waals surface area contributed by atoms with Crippen molar-refractivity contribution >= 4 is 23.0 Å². The Kier molecular flexibility index (Phi) is 7.14. The van der Waals surface area contributed by atoms with Gasteiger partial charge in [0.15, 0.2) is 5.76 Å². The Morgan fingerprint density at radius 1 is 0.927 bits per heavy atom. The zero-order valence-corrected chi connectivity index (χ0v) is 22.9. The maximum atomic E-state index is 14.2. The molecule has 0 bridgehead atoms. The Morgan fingerprint density at radius 2 is 1.61 bits per heavy atom. The lowest BCUT2D eigenvalue weighted by atomic mass is 9.94. The second kappa shape index (κ2) is 11.2. The Labute approximate surface area is 241 Å². The fourth-order valence-corrected chi connectivity index (χ4v) is 5.91. The number of carbonyl (C=O) groups is 2. The number of carbonyl (C=O) groups excluding carboxylic acids is 2. The van der Waals surface area contributed by atoms with Gasteiger partial charge in [0.25, 0.3) is 5.91 Å². The molecule has 1 aliphatic heterocycles. The largest absolute Gasteiger partial charge is 0.503 e. The van der Waals surface area contributed by atoms with E-state index in [0.717, 1.165) is 11.1 Å². The first-order chi connectivity index (χ1) is 20.0. The van der Waals surface area contributed by atoms with Crippen LogP contribution in [0.4, 0.5) is 0 Å². The van der Waals surface area contributed by atoms with Crippen LogP contribution >= 0.6 is 11.3 Å². The van der Waals surface area contributed by atoms with Gasteiger partial charge < -0.3 is 14.7 Å². The Morgan fingerprint density at radius 3 is 2.34 bits per heavy atom. The number of aliphatic hydroxyl groups is 1. The van der Waals surface area contributed by atoms with Crippen LogP contribution in [0.15, 0.2) is 121 Å². The summed E-state index contributed by atoms with van der Waals surface area (Å²) in [5, 5.41) is 11.9. The molecular formula is C33H25N3O4S. The predicted octanol–water partition coefficient (Wildman–Crippen LogP) is 7.08. The third kappa shape index (κ3) is 5.25. The first-order valence-electron chi connectivity index (χ1n) is 13.0. The summed E-state index contributed by atoms with van der Waals surface area (Å²) in [5.41, 5.74) is 2.91. The molecule has 41 heavy (non-hydrogen) atoms. The molecule has 1 amide bonds. The van der Waals surface area contributed by atoms with Gasteiger partial charge in [0.2, 0.25) is 5.78 Å². The Bertz CT molecular complexity index is 1750. The number of para-hydroxylation sites is 1. The standard InChI is InChI=1S/C33H25N3O4S/c1-21-31(41-32(35-21)23-9-4-2-5-10-23)29(37)27-28(36(33(39)30(27)38)20-22-15-17-34-18-16-22)24-11-8-14-26(19-24)40-25-12-6-3-7-13-25/h2-19,28,38H,20H2,1H3. The molecule has 0 radical (unpaired) electrons. The number of ketones is 1. The van der Waals surface area contributed by atoms with Crippen molar-refractivity contribution < 1.29 is 19.4 Å². The molecule has 0 aliphatic carbocycles. The summed E-state index contributed by atoms with van der Waals surface area (Å²) in [6.45, 7) is 1.94. The van der Waals surface area contributed by atoms with E-state index in [-0.39, 0.29) is 12.1 Å². The number of Topliss-reactive ketones (excluding diaryl/α,β-unsaturated/α-hetero) is 1. The van der Waals surface area contributed by atoms with Gasteiger partial charge in [-0.2, -0.15) is 0 Å². The number of hydrogen-bond donors (Lipinski definition) is 1. The van der Waals surface area contributed by atoms with E-state index >= 15 is 0 Å². The third-order valence-electron chi connectivity index (χ3n) is 6.83. The molecule has 0 fully saturated rings. The van der Waals surface area contributed by atoms with Crippen LogP contribution in [0.25, 0.3) is 10.6 Å². The van der Waals surface area contributed by atoms with Crippen LogP contribution in [0.1, 0.15) is 32.5 Å². The molecule has 3 aromatic carbocycles. The lowest BCUT2D eigenvalue weighted by molar-refractivity contribution is -0.130. The number of aryl methyl sites for hydroxylation is 1. The smallest absolute Gasteiger partial charge is 0.290 e. The van der Waals surface area contributed by atoms with Gasteiger partial charge in [-0.05, 0) is 54.4 Å². The van der Waals surface area contributed by atoms with Gasteiger partial charge in [-0.1, -0.05) is 60.7 Å². The molecular weight excluding hydrogens is 534 g/mol. The Hall–Kier alpha value is -5.08. The van der Waals surface area contributed by atoms with Crippen LogP contribution in [0.5, 0.6) is 11.5 Å². The number of aliphatic hydroxyl groups excluding tert-OH is 1. The molecule has 7 nitrogen and oxygen atoms in total. The van der Waals surface area contributed by atoms with Crippen LogP contribution in [-0.2, 0) is 11.3 Å². The van der Waals surface area contributed by atoms with Crippen molar-refractivity contribution in [2.24, 2.45) is 0 Å². The highest BCUT2D eigenvalue weighted by molar-refractivity contribution is 7.17. The molecule has 5 aromatic rings. The van der Waals surface area contributed by atoms with E-state index < -0.39 is 23.5 Å². The van der Waals surface area contributed by atoms with Crippen LogP contribution < -0.4 is 4.74 Å². The number of hydrogen-bond acceptors (Lipinski definition) is 7. The molecule has 202 valence electrons. The molecule has 8 heteroatoms. The summed E-state index contributed by atoms with van der Waals surface area (Å²) in [5.74, 6) is -0.398. The number of pyridine rings is 1. The molecule has 1 aliphatic rings. The molecule has 0 saturated carbocycles. The highest BCUT2D eigenvalue weighted by Crippen LogP contribution is 2.42. The van der Waals surface area contributed by atoms with Gasteiger partial charge in [0.1, 0.15) is 16.5 Å². The van der Waals surface area contributed by atoms with Gasteiger partial charge in [-0.25, -0.2) is 4.98 Å². The molecule has 1 unspecified atom stereocenters. The second-order valence-electron chi connectivity index (χ2n) is 9.57. The molecule has 1 N–H and O–H groups in total. The van der Waals surface area contributed by atoms with Crippen LogP contribution in [-0.4, -0.2) is 31.7 Å². The minimum atomic E-state index is -0.843. The summed E-state index contributed by atoms with van der Waals surface area (Å²) < 4.78 is 6.05. The fourth-order valence-electron chi connectivity index (χ4n) is 4.89. The monoisotopic (exact) mass is 559 g/mol.